The smallest absolute Gasteiger partial charge is 0.254 e. The summed E-state index contributed by atoms with van der Waals surface area (Å²) < 4.78 is 13.6. The van der Waals surface area contributed by atoms with Crippen LogP contribution in [0.1, 0.15) is 24.2 Å². The molecule has 0 bridgehead atoms. The van der Waals surface area contributed by atoms with Gasteiger partial charge >= 0.3 is 0 Å². The van der Waals surface area contributed by atoms with Crippen molar-refractivity contribution >= 4 is 28.7 Å². The first-order valence-electron chi connectivity index (χ1n) is 7.02. The van der Waals surface area contributed by atoms with Gasteiger partial charge in [0.2, 0.25) is 5.91 Å². The van der Waals surface area contributed by atoms with Crippen LogP contribution in [0.2, 0.25) is 0 Å². The molecule has 118 valence electrons. The van der Waals surface area contributed by atoms with Crippen molar-refractivity contribution in [3.63, 3.8) is 0 Å². The molecule has 2 amide bonds. The molecule has 0 fully saturated rings. The van der Waals surface area contributed by atoms with Gasteiger partial charge < -0.3 is 10.6 Å². The second kappa shape index (κ2) is 7.40. The van der Waals surface area contributed by atoms with E-state index in [0.29, 0.717) is 11.7 Å². The van der Waals surface area contributed by atoms with E-state index < -0.39 is 17.8 Å². The highest BCUT2D eigenvalue weighted by atomic mass is 32.2. The van der Waals surface area contributed by atoms with Crippen LogP contribution in [0.4, 0.5) is 4.39 Å². The summed E-state index contributed by atoms with van der Waals surface area (Å²) in [6.07, 6.45) is 0. The van der Waals surface area contributed by atoms with E-state index in [9.17, 15) is 14.0 Å². The van der Waals surface area contributed by atoms with Crippen molar-refractivity contribution in [2.45, 2.75) is 19.9 Å². The van der Waals surface area contributed by atoms with E-state index >= 15 is 0 Å². The molecule has 1 atom stereocenters. The summed E-state index contributed by atoms with van der Waals surface area (Å²) >= 11 is 1.46. The van der Waals surface area contributed by atoms with E-state index in [-0.39, 0.29) is 17.4 Å². The van der Waals surface area contributed by atoms with Gasteiger partial charge in [0.25, 0.3) is 5.91 Å². The van der Waals surface area contributed by atoms with Gasteiger partial charge in [-0.15, -0.1) is 0 Å². The van der Waals surface area contributed by atoms with Crippen molar-refractivity contribution in [3.8, 4) is 0 Å². The fraction of sp³-hybridized carbons (Fsp3) is 0.400. The normalized spacial score (nSPS) is 15.4. The Hall–Kier alpha value is -1.89. The standard InChI is InChI=1S/C15H18FN3O2S/c1-9(2)12(14(21)19-15-17-7-8-22-15)18-13(20)10-5-3-4-6-11(10)16/h3-6,9,12H,7-8H2,1-2H3,(H,18,20)(H,17,19,21). The van der Waals surface area contributed by atoms with Crippen LogP contribution in [-0.2, 0) is 4.79 Å². The lowest BCUT2D eigenvalue weighted by Crippen LogP contribution is -2.50. The van der Waals surface area contributed by atoms with Crippen molar-refractivity contribution in [2.75, 3.05) is 12.3 Å². The van der Waals surface area contributed by atoms with Crippen molar-refractivity contribution < 1.29 is 14.0 Å². The van der Waals surface area contributed by atoms with Gasteiger partial charge in [0, 0.05) is 5.75 Å². The maximum atomic E-state index is 13.6. The predicted octanol–water partition coefficient (Wildman–Crippen LogP) is 1.80. The molecule has 2 N–H and O–H groups in total. The van der Waals surface area contributed by atoms with E-state index in [4.69, 9.17) is 0 Å². The van der Waals surface area contributed by atoms with Gasteiger partial charge in [0.15, 0.2) is 5.17 Å². The molecule has 1 aliphatic heterocycles. The van der Waals surface area contributed by atoms with Crippen LogP contribution < -0.4 is 10.6 Å². The van der Waals surface area contributed by atoms with Gasteiger partial charge in [-0.3, -0.25) is 14.6 Å². The lowest BCUT2D eigenvalue weighted by molar-refractivity contribution is -0.122. The zero-order valence-corrected chi connectivity index (χ0v) is 13.2. The van der Waals surface area contributed by atoms with Crippen LogP contribution in [0.25, 0.3) is 0 Å². The first-order chi connectivity index (χ1) is 10.5. The van der Waals surface area contributed by atoms with Crippen molar-refractivity contribution in [2.24, 2.45) is 10.9 Å². The molecule has 22 heavy (non-hydrogen) atoms. The average Bonchev–Trinajstić information content (AvgIpc) is 2.97. The molecule has 0 aliphatic carbocycles. The van der Waals surface area contributed by atoms with Gasteiger partial charge in [-0.25, -0.2) is 4.39 Å². The Morgan fingerprint density at radius 1 is 1.32 bits per heavy atom. The van der Waals surface area contributed by atoms with Crippen LogP contribution in [0.15, 0.2) is 29.3 Å². The molecule has 2 rings (SSSR count). The van der Waals surface area contributed by atoms with Crippen LogP contribution in [0.3, 0.4) is 0 Å². The quantitative estimate of drug-likeness (QED) is 0.887. The maximum Gasteiger partial charge on any atom is 0.254 e. The highest BCUT2D eigenvalue weighted by Gasteiger charge is 2.27. The molecular formula is C15H18FN3O2S. The van der Waals surface area contributed by atoms with Crippen molar-refractivity contribution in [3.05, 3.63) is 35.6 Å². The van der Waals surface area contributed by atoms with Crippen molar-refractivity contribution in [1.29, 1.82) is 0 Å². The fourth-order valence-electron chi connectivity index (χ4n) is 1.99. The molecule has 1 heterocycles. The number of amides is 2. The molecule has 0 aromatic heterocycles. The predicted molar refractivity (Wildman–Crippen MR) is 85.4 cm³/mol. The Kier molecular flexibility index (Phi) is 5.54. The number of hydrogen-bond acceptors (Lipinski definition) is 4. The summed E-state index contributed by atoms with van der Waals surface area (Å²) in [6.45, 7) is 4.30. The number of carbonyl (C=O) groups excluding carboxylic acids is 2. The second-order valence-corrected chi connectivity index (χ2v) is 6.28. The molecule has 0 saturated carbocycles. The van der Waals surface area contributed by atoms with Gasteiger partial charge in [-0.05, 0) is 18.1 Å². The Morgan fingerprint density at radius 2 is 2.05 bits per heavy atom. The van der Waals surface area contributed by atoms with Crippen LogP contribution in [0.5, 0.6) is 0 Å². The van der Waals surface area contributed by atoms with Crippen LogP contribution in [0, 0.1) is 11.7 Å². The van der Waals surface area contributed by atoms with Crippen LogP contribution in [-0.4, -0.2) is 35.3 Å². The molecule has 0 radical (unpaired) electrons. The van der Waals surface area contributed by atoms with Gasteiger partial charge in [-0.2, -0.15) is 0 Å². The first kappa shape index (κ1) is 16.5. The van der Waals surface area contributed by atoms with Gasteiger partial charge in [0.05, 0.1) is 12.1 Å². The highest BCUT2D eigenvalue weighted by molar-refractivity contribution is 8.14. The molecule has 0 spiro atoms. The molecule has 1 unspecified atom stereocenters. The third-order valence-electron chi connectivity index (χ3n) is 3.17. The number of amidine groups is 1. The monoisotopic (exact) mass is 323 g/mol. The van der Waals surface area contributed by atoms with E-state index in [2.05, 4.69) is 15.6 Å². The molecule has 1 aromatic rings. The summed E-state index contributed by atoms with van der Waals surface area (Å²) in [5.74, 6) is -0.856. The number of carbonyl (C=O) groups is 2. The zero-order chi connectivity index (χ0) is 16.1. The Bertz CT molecular complexity index is 604. The minimum atomic E-state index is -0.754. The average molecular weight is 323 g/mol. The molecule has 7 heteroatoms. The maximum absolute atomic E-state index is 13.6. The summed E-state index contributed by atoms with van der Waals surface area (Å²) in [7, 11) is 0. The van der Waals surface area contributed by atoms with Gasteiger partial charge in [-0.1, -0.05) is 37.7 Å². The highest BCUT2D eigenvalue weighted by Crippen LogP contribution is 2.12. The zero-order valence-electron chi connectivity index (χ0n) is 12.4. The number of nitrogens with one attached hydrogen (secondary N) is 2. The first-order valence-corrected chi connectivity index (χ1v) is 8.01. The van der Waals surface area contributed by atoms with E-state index in [1.54, 1.807) is 6.07 Å². The summed E-state index contributed by atoms with van der Waals surface area (Å²) in [5, 5.41) is 5.85. The number of halogens is 1. The molecular weight excluding hydrogens is 305 g/mol. The number of hydrogen-bond donors (Lipinski definition) is 2. The summed E-state index contributed by atoms with van der Waals surface area (Å²) in [5.41, 5.74) is -0.0754. The van der Waals surface area contributed by atoms with Crippen LogP contribution >= 0.6 is 11.8 Å². The Labute approximate surface area is 132 Å². The lowest BCUT2D eigenvalue weighted by atomic mass is 10.0. The third kappa shape index (κ3) is 4.07. The second-order valence-electron chi connectivity index (χ2n) is 5.20. The number of nitrogens with zero attached hydrogens (tertiary/aromatic N) is 1. The molecule has 1 aromatic carbocycles. The minimum Gasteiger partial charge on any atom is -0.340 e. The number of thioether (sulfide) groups is 1. The number of rotatable bonds is 4. The third-order valence-corrected chi connectivity index (χ3v) is 4.06. The van der Waals surface area contributed by atoms with Gasteiger partial charge in [0.1, 0.15) is 11.9 Å². The SMILES string of the molecule is CC(C)C(NC(=O)c1ccccc1F)C(=O)NC1=NCCS1. The summed E-state index contributed by atoms with van der Waals surface area (Å²) in [6, 6.07) is 4.93. The Morgan fingerprint density at radius 3 is 2.64 bits per heavy atom. The largest absolute Gasteiger partial charge is 0.340 e. The molecule has 5 nitrogen and oxygen atoms in total. The van der Waals surface area contributed by atoms with E-state index in [0.717, 1.165) is 5.75 Å². The molecule has 1 aliphatic rings. The van der Waals surface area contributed by atoms with E-state index in [1.807, 2.05) is 13.8 Å². The Balaban J connectivity index is 2.06. The molecule has 0 saturated heterocycles. The van der Waals surface area contributed by atoms with E-state index in [1.165, 1.54) is 30.0 Å². The fourth-order valence-corrected chi connectivity index (χ4v) is 2.72. The minimum absolute atomic E-state index is 0.0754. The van der Waals surface area contributed by atoms with Crippen molar-refractivity contribution in [1.82, 2.24) is 10.6 Å². The number of benzene rings is 1. The lowest BCUT2D eigenvalue weighted by Gasteiger charge is -2.21. The topological polar surface area (TPSA) is 70.6 Å². The summed E-state index contributed by atoms with van der Waals surface area (Å²) in [4.78, 5) is 28.6. The number of aliphatic imine (C=N–C) groups is 1.